The Labute approximate surface area is 162 Å². The molecule has 0 aromatic carbocycles. The molecule has 0 bridgehead atoms. The molecule has 4 saturated carbocycles. The van der Waals surface area contributed by atoms with Gasteiger partial charge in [0.15, 0.2) is 0 Å². The molecule has 0 aromatic heterocycles. The largest absolute Gasteiger partial charge is 0.469 e. The Morgan fingerprint density at radius 1 is 1.04 bits per heavy atom. The minimum absolute atomic E-state index is 0.00128. The smallest absolute Gasteiger partial charge is 0.308 e. The first-order chi connectivity index (χ1) is 12.7. The maximum Gasteiger partial charge on any atom is 0.308 e. The minimum atomic E-state index is -0.0958. The van der Waals surface area contributed by atoms with Gasteiger partial charge in [-0.25, -0.2) is 0 Å². The zero-order valence-corrected chi connectivity index (χ0v) is 17.3. The molecule has 4 rings (SSSR count). The summed E-state index contributed by atoms with van der Waals surface area (Å²) in [6, 6.07) is 0. The van der Waals surface area contributed by atoms with E-state index in [0.29, 0.717) is 48.7 Å². The standard InChI is InChI=1S/C23H34O4/c1-13(21(26)27-4)16-5-6-17-15-12-20(25)19-11-14(24)7-9-23(19,3)18(15)8-10-22(16,17)2/h13,15-19H,5-12H2,1-4H3/t13?,15-,16+,17-,18-,19+,22+,23+/m0/s1. The molecule has 0 saturated heterocycles. The van der Waals surface area contributed by atoms with Gasteiger partial charge < -0.3 is 4.74 Å². The van der Waals surface area contributed by atoms with Crippen LogP contribution < -0.4 is 0 Å². The van der Waals surface area contributed by atoms with Crippen molar-refractivity contribution in [2.75, 3.05) is 7.11 Å². The number of ether oxygens (including phenoxy) is 1. The molecule has 4 fully saturated rings. The molecule has 0 amide bonds. The van der Waals surface area contributed by atoms with Gasteiger partial charge in [-0.15, -0.1) is 0 Å². The van der Waals surface area contributed by atoms with E-state index in [4.69, 9.17) is 4.74 Å². The summed E-state index contributed by atoms with van der Waals surface area (Å²) < 4.78 is 5.04. The van der Waals surface area contributed by atoms with Crippen LogP contribution in [-0.2, 0) is 19.1 Å². The summed E-state index contributed by atoms with van der Waals surface area (Å²) in [6.45, 7) is 6.69. The molecule has 0 aromatic rings. The van der Waals surface area contributed by atoms with Crippen molar-refractivity contribution in [2.24, 2.45) is 46.3 Å². The van der Waals surface area contributed by atoms with E-state index in [1.807, 2.05) is 6.92 Å². The van der Waals surface area contributed by atoms with Crippen LogP contribution in [0.25, 0.3) is 0 Å². The number of hydrogen-bond donors (Lipinski definition) is 0. The highest BCUT2D eigenvalue weighted by Crippen LogP contribution is 2.67. The van der Waals surface area contributed by atoms with Crippen molar-refractivity contribution in [3.05, 3.63) is 0 Å². The Bertz CT molecular complexity index is 669. The second kappa shape index (κ2) is 6.42. The van der Waals surface area contributed by atoms with Gasteiger partial charge in [0.1, 0.15) is 11.6 Å². The molecule has 4 aliphatic carbocycles. The van der Waals surface area contributed by atoms with Gasteiger partial charge >= 0.3 is 5.97 Å². The number of methoxy groups -OCH3 is 1. The summed E-state index contributed by atoms with van der Waals surface area (Å²) in [4.78, 5) is 37.3. The van der Waals surface area contributed by atoms with Gasteiger partial charge in [0.2, 0.25) is 0 Å². The summed E-state index contributed by atoms with van der Waals surface area (Å²) in [6.07, 6.45) is 7.11. The third kappa shape index (κ3) is 2.65. The van der Waals surface area contributed by atoms with Gasteiger partial charge in [-0.1, -0.05) is 20.8 Å². The van der Waals surface area contributed by atoms with Crippen molar-refractivity contribution in [3.8, 4) is 0 Å². The normalized spacial score (nSPS) is 47.6. The highest BCUT2D eigenvalue weighted by atomic mass is 16.5. The van der Waals surface area contributed by atoms with E-state index in [0.717, 1.165) is 32.1 Å². The van der Waals surface area contributed by atoms with Gasteiger partial charge in [-0.3, -0.25) is 14.4 Å². The number of Topliss-reactive ketones (excluding diaryl/α,β-unsaturated/α-hetero) is 2. The third-order valence-corrected chi connectivity index (χ3v) is 9.53. The van der Waals surface area contributed by atoms with Crippen molar-refractivity contribution < 1.29 is 19.1 Å². The maximum absolute atomic E-state index is 13.1. The average molecular weight is 375 g/mol. The lowest BCUT2D eigenvalue weighted by molar-refractivity contribution is -0.161. The average Bonchev–Trinajstić information content (AvgIpc) is 2.99. The first kappa shape index (κ1) is 19.1. The van der Waals surface area contributed by atoms with E-state index in [1.165, 1.54) is 7.11 Å². The minimum Gasteiger partial charge on any atom is -0.469 e. The van der Waals surface area contributed by atoms with E-state index in [9.17, 15) is 14.4 Å². The van der Waals surface area contributed by atoms with Crippen molar-refractivity contribution >= 4 is 17.5 Å². The monoisotopic (exact) mass is 374 g/mol. The van der Waals surface area contributed by atoms with E-state index >= 15 is 0 Å². The lowest BCUT2D eigenvalue weighted by Gasteiger charge is -2.59. The molecule has 27 heavy (non-hydrogen) atoms. The van der Waals surface area contributed by atoms with Crippen LogP contribution >= 0.6 is 0 Å². The maximum atomic E-state index is 13.1. The van der Waals surface area contributed by atoms with Crippen LogP contribution in [0.2, 0.25) is 0 Å². The van der Waals surface area contributed by atoms with E-state index < -0.39 is 0 Å². The first-order valence-corrected chi connectivity index (χ1v) is 10.8. The molecule has 8 atom stereocenters. The van der Waals surface area contributed by atoms with Gasteiger partial charge in [0, 0.05) is 25.2 Å². The second-order valence-electron chi connectivity index (χ2n) is 10.4. The molecule has 0 radical (unpaired) electrons. The molecular formula is C23H34O4. The topological polar surface area (TPSA) is 60.4 Å². The molecular weight excluding hydrogens is 340 g/mol. The van der Waals surface area contributed by atoms with Gasteiger partial charge in [-0.2, -0.15) is 0 Å². The zero-order valence-electron chi connectivity index (χ0n) is 17.3. The van der Waals surface area contributed by atoms with Crippen molar-refractivity contribution in [2.45, 2.75) is 72.1 Å². The quantitative estimate of drug-likeness (QED) is 0.680. The molecule has 4 heteroatoms. The Kier molecular flexibility index (Phi) is 4.55. The van der Waals surface area contributed by atoms with Crippen LogP contribution in [0, 0.1) is 46.3 Å². The van der Waals surface area contributed by atoms with E-state index in [2.05, 4.69) is 13.8 Å². The molecule has 0 heterocycles. The number of carbonyl (C=O) groups excluding carboxylic acids is 3. The van der Waals surface area contributed by atoms with Gasteiger partial charge in [0.05, 0.1) is 13.0 Å². The second-order valence-corrected chi connectivity index (χ2v) is 10.4. The predicted molar refractivity (Wildman–Crippen MR) is 102 cm³/mol. The highest BCUT2D eigenvalue weighted by Gasteiger charge is 2.62. The summed E-state index contributed by atoms with van der Waals surface area (Å²) in [5.74, 6) is 2.25. The Hall–Kier alpha value is -1.19. The third-order valence-electron chi connectivity index (χ3n) is 9.53. The lowest BCUT2D eigenvalue weighted by Crippen LogP contribution is -2.57. The molecule has 150 valence electrons. The van der Waals surface area contributed by atoms with Crippen LogP contribution in [0.15, 0.2) is 0 Å². The van der Waals surface area contributed by atoms with Crippen LogP contribution in [0.1, 0.15) is 72.1 Å². The summed E-state index contributed by atoms with van der Waals surface area (Å²) in [5, 5.41) is 0. The van der Waals surface area contributed by atoms with E-state index in [1.54, 1.807) is 0 Å². The predicted octanol–water partition coefficient (Wildman–Crippen LogP) is 4.20. The Balaban J connectivity index is 1.63. The molecule has 1 unspecified atom stereocenters. The number of hydrogen-bond acceptors (Lipinski definition) is 4. The SMILES string of the molecule is COC(=O)C(C)[C@H]1CC[C@H]2[C@@H]3CC(=O)[C@H]4CC(=O)CC[C@]4(C)[C@H]3CC[C@]12C. The number of carbonyl (C=O) groups is 3. The van der Waals surface area contributed by atoms with E-state index in [-0.39, 0.29) is 34.4 Å². The van der Waals surface area contributed by atoms with Gasteiger partial charge in [0.25, 0.3) is 0 Å². The summed E-state index contributed by atoms with van der Waals surface area (Å²) >= 11 is 0. The molecule has 4 aliphatic rings. The van der Waals surface area contributed by atoms with Gasteiger partial charge in [-0.05, 0) is 66.6 Å². The summed E-state index contributed by atoms with van der Waals surface area (Å²) in [5.41, 5.74) is 0.129. The molecule has 4 nitrogen and oxygen atoms in total. The number of esters is 1. The lowest BCUT2D eigenvalue weighted by atomic mass is 9.44. The Morgan fingerprint density at radius 3 is 2.44 bits per heavy atom. The van der Waals surface area contributed by atoms with Crippen LogP contribution in [0.4, 0.5) is 0 Å². The number of rotatable bonds is 2. The zero-order chi connectivity index (χ0) is 19.6. The van der Waals surface area contributed by atoms with Crippen molar-refractivity contribution in [3.63, 3.8) is 0 Å². The number of ketones is 2. The fourth-order valence-electron chi connectivity index (χ4n) is 8.05. The molecule has 0 aliphatic heterocycles. The molecule has 0 spiro atoms. The number of fused-ring (bicyclic) bond motifs is 5. The highest BCUT2D eigenvalue weighted by molar-refractivity contribution is 5.90. The van der Waals surface area contributed by atoms with Crippen LogP contribution in [0.5, 0.6) is 0 Å². The van der Waals surface area contributed by atoms with Crippen LogP contribution in [-0.4, -0.2) is 24.6 Å². The van der Waals surface area contributed by atoms with Crippen LogP contribution in [0.3, 0.4) is 0 Å². The Morgan fingerprint density at radius 2 is 1.74 bits per heavy atom. The fourth-order valence-corrected chi connectivity index (χ4v) is 8.05. The van der Waals surface area contributed by atoms with Crippen molar-refractivity contribution in [1.29, 1.82) is 0 Å². The molecule has 0 N–H and O–H groups in total. The first-order valence-electron chi connectivity index (χ1n) is 10.8. The summed E-state index contributed by atoms with van der Waals surface area (Å²) in [7, 11) is 1.48. The fraction of sp³-hybridized carbons (Fsp3) is 0.870. The van der Waals surface area contributed by atoms with Crippen molar-refractivity contribution in [1.82, 2.24) is 0 Å².